The number of hydrogen-bond acceptors (Lipinski definition) is 1. The van der Waals surface area contributed by atoms with Gasteiger partial charge in [0.1, 0.15) is 5.75 Å². The Balaban J connectivity index is 2.38. The Morgan fingerprint density at radius 2 is 1.55 bits per heavy atom. The van der Waals surface area contributed by atoms with Crippen LogP contribution in [0.15, 0.2) is 54.6 Å². The highest BCUT2D eigenvalue weighted by atomic mass is 79.9. The maximum atomic E-state index is 5.22. The van der Waals surface area contributed by atoms with E-state index >= 15 is 0 Å². The smallest absolute Gasteiger partial charge is 0.118 e. The molecule has 0 aliphatic rings. The van der Waals surface area contributed by atoms with Crippen molar-refractivity contribution >= 4 is 21.5 Å². The van der Waals surface area contributed by atoms with E-state index in [0.717, 1.165) is 17.5 Å². The van der Waals surface area contributed by atoms with Crippen molar-refractivity contribution in [2.45, 2.75) is 13.3 Å². The van der Waals surface area contributed by atoms with Crippen LogP contribution in [0.4, 0.5) is 0 Å². The molecule has 0 unspecified atom stereocenters. The van der Waals surface area contributed by atoms with E-state index < -0.39 is 0 Å². The lowest BCUT2D eigenvalue weighted by molar-refractivity contribution is 0.415. The Kier molecular flexibility index (Phi) is 5.42. The summed E-state index contributed by atoms with van der Waals surface area (Å²) < 4.78 is 5.22. The molecule has 0 aliphatic heterocycles. The van der Waals surface area contributed by atoms with Gasteiger partial charge in [-0.3, -0.25) is 0 Å². The minimum Gasteiger partial charge on any atom is -0.497 e. The number of methoxy groups -OCH3 is 1. The van der Waals surface area contributed by atoms with Crippen molar-refractivity contribution in [1.29, 1.82) is 0 Å². The number of ether oxygens (including phenoxy) is 1. The lowest BCUT2D eigenvalue weighted by atomic mass is 9.96. The predicted octanol–water partition coefficient (Wildman–Crippen LogP) is 5.22. The van der Waals surface area contributed by atoms with Gasteiger partial charge in [0.25, 0.3) is 0 Å². The molecule has 104 valence electrons. The third kappa shape index (κ3) is 3.73. The van der Waals surface area contributed by atoms with Crippen molar-refractivity contribution in [1.82, 2.24) is 0 Å². The van der Waals surface area contributed by atoms with Crippen molar-refractivity contribution in [3.05, 3.63) is 71.3 Å². The molecule has 1 nitrogen and oxygen atoms in total. The van der Waals surface area contributed by atoms with Crippen molar-refractivity contribution in [3.63, 3.8) is 0 Å². The average molecular weight is 331 g/mol. The van der Waals surface area contributed by atoms with E-state index in [-0.39, 0.29) is 0 Å². The summed E-state index contributed by atoms with van der Waals surface area (Å²) in [5.74, 6) is 0.887. The van der Waals surface area contributed by atoms with Gasteiger partial charge < -0.3 is 4.74 Å². The lowest BCUT2D eigenvalue weighted by Gasteiger charge is -2.10. The standard InChI is InChI=1S/C18H19BrO/c1-14-5-7-15(8-6-14)18(4-3-13-19)16-9-11-17(20-2)12-10-16/h4-12H,3,13H2,1-2H3/b18-4+. The fourth-order valence-corrected chi connectivity index (χ4v) is 2.33. The normalized spacial score (nSPS) is 11.4. The van der Waals surface area contributed by atoms with Crippen molar-refractivity contribution in [3.8, 4) is 5.75 Å². The number of hydrogen-bond donors (Lipinski definition) is 0. The summed E-state index contributed by atoms with van der Waals surface area (Å²) in [6, 6.07) is 16.9. The molecule has 0 fully saturated rings. The van der Waals surface area contributed by atoms with Gasteiger partial charge in [0.2, 0.25) is 0 Å². The zero-order valence-electron chi connectivity index (χ0n) is 11.9. The number of rotatable bonds is 5. The molecule has 0 aliphatic carbocycles. The Bertz CT molecular complexity index is 567. The molecule has 20 heavy (non-hydrogen) atoms. The van der Waals surface area contributed by atoms with E-state index in [4.69, 9.17) is 4.74 Å². The van der Waals surface area contributed by atoms with Gasteiger partial charge in [0.05, 0.1) is 7.11 Å². The molecule has 2 aromatic carbocycles. The SMILES string of the molecule is COc1ccc(/C(=C/CCBr)c2ccc(C)cc2)cc1. The van der Waals surface area contributed by atoms with E-state index in [9.17, 15) is 0 Å². The molecule has 0 saturated heterocycles. The van der Waals surface area contributed by atoms with Crippen LogP contribution in [-0.4, -0.2) is 12.4 Å². The van der Waals surface area contributed by atoms with E-state index in [1.54, 1.807) is 7.11 Å². The highest BCUT2D eigenvalue weighted by Crippen LogP contribution is 2.26. The van der Waals surface area contributed by atoms with Crippen LogP contribution in [0.25, 0.3) is 5.57 Å². The molecule has 2 aromatic rings. The largest absolute Gasteiger partial charge is 0.497 e. The first-order valence-electron chi connectivity index (χ1n) is 6.72. The third-order valence-electron chi connectivity index (χ3n) is 3.22. The quantitative estimate of drug-likeness (QED) is 0.683. The molecule has 0 atom stereocenters. The Hall–Kier alpha value is -1.54. The van der Waals surface area contributed by atoms with Gasteiger partial charge in [-0.05, 0) is 42.2 Å². The summed E-state index contributed by atoms with van der Waals surface area (Å²) in [5, 5.41) is 0.971. The summed E-state index contributed by atoms with van der Waals surface area (Å²) in [6.45, 7) is 2.11. The third-order valence-corrected chi connectivity index (χ3v) is 3.68. The Morgan fingerprint density at radius 1 is 1.00 bits per heavy atom. The molecule has 2 rings (SSSR count). The van der Waals surface area contributed by atoms with Gasteiger partial charge >= 0.3 is 0 Å². The van der Waals surface area contributed by atoms with Crippen LogP contribution < -0.4 is 4.74 Å². The minimum absolute atomic E-state index is 0.887. The first-order valence-corrected chi connectivity index (χ1v) is 7.84. The van der Waals surface area contributed by atoms with E-state index in [1.807, 2.05) is 12.1 Å². The summed E-state index contributed by atoms with van der Waals surface area (Å²) in [5.41, 5.74) is 5.02. The predicted molar refractivity (Wildman–Crippen MR) is 89.7 cm³/mol. The van der Waals surface area contributed by atoms with Crippen molar-refractivity contribution < 1.29 is 4.74 Å². The van der Waals surface area contributed by atoms with E-state index in [2.05, 4.69) is 65.3 Å². The highest BCUT2D eigenvalue weighted by molar-refractivity contribution is 9.09. The van der Waals surface area contributed by atoms with Crippen LogP contribution in [-0.2, 0) is 0 Å². The van der Waals surface area contributed by atoms with E-state index in [0.29, 0.717) is 0 Å². The fraction of sp³-hybridized carbons (Fsp3) is 0.222. The van der Waals surface area contributed by atoms with Crippen molar-refractivity contribution in [2.24, 2.45) is 0 Å². The molecule has 0 bridgehead atoms. The van der Waals surface area contributed by atoms with Gasteiger partial charge in [-0.1, -0.05) is 64.0 Å². The molecule has 0 saturated carbocycles. The number of allylic oxidation sites excluding steroid dienone is 1. The van der Waals surface area contributed by atoms with Crippen LogP contribution in [0.5, 0.6) is 5.75 Å². The first kappa shape index (κ1) is 14.9. The van der Waals surface area contributed by atoms with Crippen molar-refractivity contribution in [2.75, 3.05) is 12.4 Å². The summed E-state index contributed by atoms with van der Waals surface area (Å²) >= 11 is 3.49. The molecule has 2 heteroatoms. The lowest BCUT2D eigenvalue weighted by Crippen LogP contribution is -1.90. The van der Waals surface area contributed by atoms with Gasteiger partial charge in [-0.2, -0.15) is 0 Å². The van der Waals surface area contributed by atoms with Crippen LogP contribution in [0, 0.1) is 6.92 Å². The summed E-state index contributed by atoms with van der Waals surface area (Å²) in [6.07, 6.45) is 3.29. The summed E-state index contributed by atoms with van der Waals surface area (Å²) in [4.78, 5) is 0. The van der Waals surface area contributed by atoms with Crippen LogP contribution in [0.1, 0.15) is 23.1 Å². The highest BCUT2D eigenvalue weighted by Gasteiger charge is 2.05. The Labute approximate surface area is 129 Å². The van der Waals surface area contributed by atoms with E-state index in [1.165, 1.54) is 22.3 Å². The first-order chi connectivity index (χ1) is 9.74. The zero-order valence-corrected chi connectivity index (χ0v) is 13.5. The average Bonchev–Trinajstić information content (AvgIpc) is 2.50. The van der Waals surface area contributed by atoms with Gasteiger partial charge in [-0.25, -0.2) is 0 Å². The fourth-order valence-electron chi connectivity index (χ4n) is 2.10. The topological polar surface area (TPSA) is 9.23 Å². The number of benzene rings is 2. The monoisotopic (exact) mass is 330 g/mol. The second-order valence-electron chi connectivity index (χ2n) is 4.69. The van der Waals surface area contributed by atoms with Gasteiger partial charge in [-0.15, -0.1) is 0 Å². The Morgan fingerprint density at radius 3 is 2.05 bits per heavy atom. The van der Waals surface area contributed by atoms with Crippen LogP contribution >= 0.6 is 15.9 Å². The van der Waals surface area contributed by atoms with Crippen LogP contribution in [0.3, 0.4) is 0 Å². The molecular weight excluding hydrogens is 312 g/mol. The molecular formula is C18H19BrO. The molecule has 0 N–H and O–H groups in total. The molecule has 0 amide bonds. The molecule has 0 heterocycles. The molecule has 0 aromatic heterocycles. The number of alkyl halides is 1. The van der Waals surface area contributed by atoms with Gasteiger partial charge in [0.15, 0.2) is 0 Å². The minimum atomic E-state index is 0.887. The molecule has 0 radical (unpaired) electrons. The summed E-state index contributed by atoms with van der Waals surface area (Å²) in [7, 11) is 1.69. The zero-order chi connectivity index (χ0) is 14.4. The maximum Gasteiger partial charge on any atom is 0.118 e. The molecule has 0 spiro atoms. The second kappa shape index (κ2) is 7.30. The van der Waals surface area contributed by atoms with Crippen LogP contribution in [0.2, 0.25) is 0 Å². The number of halogens is 1. The second-order valence-corrected chi connectivity index (χ2v) is 5.48. The van der Waals surface area contributed by atoms with Gasteiger partial charge in [0, 0.05) is 5.33 Å². The maximum absolute atomic E-state index is 5.22. The number of aryl methyl sites for hydroxylation is 1.